The van der Waals surface area contributed by atoms with E-state index in [1.54, 1.807) is 0 Å². The molecule has 1 aromatic carbocycles. The van der Waals surface area contributed by atoms with Crippen LogP contribution in [0.15, 0.2) is 30.3 Å². The largest absolute Gasteiger partial charge is 0.455 e. The molecule has 3 heteroatoms. The SMILES string of the molecule is CC[C@@H]1N[C@H](C)[C@H](c2ccccc2)OC1=O. The molecule has 1 aromatic rings. The minimum Gasteiger partial charge on any atom is -0.455 e. The number of hydrogen-bond acceptors (Lipinski definition) is 3. The maximum absolute atomic E-state index is 11.7. The molecular weight excluding hydrogens is 202 g/mol. The molecule has 1 aliphatic rings. The summed E-state index contributed by atoms with van der Waals surface area (Å²) in [5.74, 6) is -0.144. The number of benzene rings is 1. The van der Waals surface area contributed by atoms with Crippen molar-refractivity contribution in [3.05, 3.63) is 35.9 Å². The molecular formula is C13H17NO2. The van der Waals surface area contributed by atoms with Gasteiger partial charge in [-0.05, 0) is 18.9 Å². The molecule has 1 saturated heterocycles. The first-order valence-electron chi connectivity index (χ1n) is 5.74. The number of carbonyl (C=O) groups is 1. The second kappa shape index (κ2) is 4.66. The van der Waals surface area contributed by atoms with Crippen LogP contribution in [0.1, 0.15) is 31.9 Å². The average molecular weight is 219 g/mol. The molecule has 0 spiro atoms. The van der Waals surface area contributed by atoms with Gasteiger partial charge in [0.25, 0.3) is 0 Å². The van der Waals surface area contributed by atoms with Crippen LogP contribution in [0.3, 0.4) is 0 Å². The highest BCUT2D eigenvalue weighted by atomic mass is 16.5. The van der Waals surface area contributed by atoms with Gasteiger partial charge in [0, 0.05) is 6.04 Å². The number of morpholine rings is 1. The van der Waals surface area contributed by atoms with Crippen LogP contribution in [0, 0.1) is 0 Å². The second-order valence-electron chi connectivity index (χ2n) is 4.18. The van der Waals surface area contributed by atoms with Crippen molar-refractivity contribution >= 4 is 5.97 Å². The van der Waals surface area contributed by atoms with E-state index in [1.165, 1.54) is 0 Å². The fraction of sp³-hybridized carbons (Fsp3) is 0.462. The third-order valence-electron chi connectivity index (χ3n) is 2.98. The van der Waals surface area contributed by atoms with E-state index in [1.807, 2.05) is 44.2 Å². The number of ether oxygens (including phenoxy) is 1. The Morgan fingerprint density at radius 2 is 2.00 bits per heavy atom. The summed E-state index contributed by atoms with van der Waals surface area (Å²) < 4.78 is 5.49. The predicted molar refractivity (Wildman–Crippen MR) is 62.0 cm³/mol. The van der Waals surface area contributed by atoms with E-state index in [0.717, 1.165) is 12.0 Å². The first-order valence-corrected chi connectivity index (χ1v) is 5.74. The molecule has 1 heterocycles. The van der Waals surface area contributed by atoms with Gasteiger partial charge in [0.1, 0.15) is 12.1 Å². The van der Waals surface area contributed by atoms with Crippen LogP contribution >= 0.6 is 0 Å². The van der Waals surface area contributed by atoms with Gasteiger partial charge >= 0.3 is 5.97 Å². The summed E-state index contributed by atoms with van der Waals surface area (Å²) >= 11 is 0. The number of nitrogens with one attached hydrogen (secondary N) is 1. The summed E-state index contributed by atoms with van der Waals surface area (Å²) in [6, 6.07) is 9.86. The number of rotatable bonds is 2. The Morgan fingerprint density at radius 3 is 2.62 bits per heavy atom. The lowest BCUT2D eigenvalue weighted by atomic mass is 10.00. The van der Waals surface area contributed by atoms with E-state index < -0.39 is 0 Å². The molecule has 86 valence electrons. The van der Waals surface area contributed by atoms with E-state index in [2.05, 4.69) is 5.32 Å². The molecule has 1 N–H and O–H groups in total. The van der Waals surface area contributed by atoms with Gasteiger partial charge in [-0.25, -0.2) is 0 Å². The highest BCUT2D eigenvalue weighted by Gasteiger charge is 2.34. The monoisotopic (exact) mass is 219 g/mol. The summed E-state index contributed by atoms with van der Waals surface area (Å²) in [5, 5.41) is 3.29. The summed E-state index contributed by atoms with van der Waals surface area (Å²) in [7, 11) is 0. The van der Waals surface area contributed by atoms with Gasteiger partial charge in [-0.3, -0.25) is 10.1 Å². The van der Waals surface area contributed by atoms with E-state index in [9.17, 15) is 4.79 Å². The van der Waals surface area contributed by atoms with Crippen molar-refractivity contribution in [3.63, 3.8) is 0 Å². The maximum Gasteiger partial charge on any atom is 0.323 e. The molecule has 0 unspecified atom stereocenters. The van der Waals surface area contributed by atoms with Gasteiger partial charge in [0.2, 0.25) is 0 Å². The minimum atomic E-state index is -0.170. The van der Waals surface area contributed by atoms with E-state index in [0.29, 0.717) is 0 Å². The van der Waals surface area contributed by atoms with Gasteiger partial charge in [0.05, 0.1) is 0 Å². The van der Waals surface area contributed by atoms with Crippen LogP contribution < -0.4 is 5.32 Å². The lowest BCUT2D eigenvalue weighted by molar-refractivity contribution is -0.160. The zero-order valence-corrected chi connectivity index (χ0v) is 9.64. The Balaban J connectivity index is 2.16. The quantitative estimate of drug-likeness (QED) is 0.773. The lowest BCUT2D eigenvalue weighted by Crippen LogP contribution is -2.51. The molecule has 0 amide bonds. The minimum absolute atomic E-state index is 0.144. The van der Waals surface area contributed by atoms with Crippen molar-refractivity contribution in [1.29, 1.82) is 0 Å². The summed E-state index contributed by atoms with van der Waals surface area (Å²) in [6.07, 6.45) is 0.599. The van der Waals surface area contributed by atoms with Crippen LogP contribution in [-0.2, 0) is 9.53 Å². The molecule has 3 nitrogen and oxygen atoms in total. The highest BCUT2D eigenvalue weighted by molar-refractivity contribution is 5.77. The van der Waals surface area contributed by atoms with E-state index >= 15 is 0 Å². The normalized spacial score (nSPS) is 29.9. The van der Waals surface area contributed by atoms with Gasteiger partial charge in [-0.1, -0.05) is 37.3 Å². The van der Waals surface area contributed by atoms with Crippen LogP contribution in [0.4, 0.5) is 0 Å². The fourth-order valence-corrected chi connectivity index (χ4v) is 2.07. The maximum atomic E-state index is 11.7. The highest BCUT2D eigenvalue weighted by Crippen LogP contribution is 2.26. The van der Waals surface area contributed by atoms with Crippen molar-refractivity contribution in [2.24, 2.45) is 0 Å². The number of esters is 1. The summed E-state index contributed by atoms with van der Waals surface area (Å²) in [4.78, 5) is 11.7. The third-order valence-corrected chi connectivity index (χ3v) is 2.98. The topological polar surface area (TPSA) is 38.3 Å². The van der Waals surface area contributed by atoms with Crippen molar-refractivity contribution in [2.45, 2.75) is 38.5 Å². The van der Waals surface area contributed by atoms with Crippen molar-refractivity contribution in [2.75, 3.05) is 0 Å². The Bertz CT molecular complexity index is 363. The van der Waals surface area contributed by atoms with Crippen molar-refractivity contribution < 1.29 is 9.53 Å². The van der Waals surface area contributed by atoms with Crippen LogP contribution in [-0.4, -0.2) is 18.1 Å². The van der Waals surface area contributed by atoms with Gasteiger partial charge in [0.15, 0.2) is 0 Å². The molecule has 0 bridgehead atoms. The zero-order valence-electron chi connectivity index (χ0n) is 9.64. The number of cyclic esters (lactones) is 1. The molecule has 0 saturated carbocycles. The van der Waals surface area contributed by atoms with Crippen LogP contribution in [0.5, 0.6) is 0 Å². The summed E-state index contributed by atoms with van der Waals surface area (Å²) in [6.45, 7) is 4.03. The standard InChI is InChI=1S/C13H17NO2/c1-3-11-13(15)16-12(9(2)14-11)10-7-5-4-6-8-10/h4-9,11-12,14H,3H2,1-2H3/t9-,11+,12-/m1/s1. The Morgan fingerprint density at radius 1 is 1.31 bits per heavy atom. The van der Waals surface area contributed by atoms with Crippen molar-refractivity contribution in [3.8, 4) is 0 Å². The van der Waals surface area contributed by atoms with Crippen LogP contribution in [0.25, 0.3) is 0 Å². The lowest BCUT2D eigenvalue weighted by Gasteiger charge is -2.34. The van der Waals surface area contributed by atoms with E-state index in [4.69, 9.17) is 4.74 Å². The number of hydrogen-bond donors (Lipinski definition) is 1. The fourth-order valence-electron chi connectivity index (χ4n) is 2.07. The third kappa shape index (κ3) is 2.09. The van der Waals surface area contributed by atoms with Gasteiger partial charge in [-0.2, -0.15) is 0 Å². The number of carbonyl (C=O) groups excluding carboxylic acids is 1. The zero-order chi connectivity index (χ0) is 11.5. The Kier molecular flexibility index (Phi) is 3.25. The first kappa shape index (κ1) is 11.1. The molecule has 0 radical (unpaired) electrons. The first-order chi connectivity index (χ1) is 7.72. The predicted octanol–water partition coefficient (Wildman–Crippen LogP) is 2.04. The molecule has 16 heavy (non-hydrogen) atoms. The smallest absolute Gasteiger partial charge is 0.323 e. The molecule has 1 aliphatic heterocycles. The molecule has 1 fully saturated rings. The Hall–Kier alpha value is -1.35. The average Bonchev–Trinajstić information content (AvgIpc) is 2.32. The van der Waals surface area contributed by atoms with Crippen LogP contribution in [0.2, 0.25) is 0 Å². The molecule has 0 aromatic heterocycles. The summed E-state index contributed by atoms with van der Waals surface area (Å²) in [5.41, 5.74) is 1.05. The van der Waals surface area contributed by atoms with Gasteiger partial charge < -0.3 is 4.74 Å². The Labute approximate surface area is 95.8 Å². The molecule has 0 aliphatic carbocycles. The van der Waals surface area contributed by atoms with Crippen molar-refractivity contribution in [1.82, 2.24) is 5.32 Å². The second-order valence-corrected chi connectivity index (χ2v) is 4.18. The van der Waals surface area contributed by atoms with Gasteiger partial charge in [-0.15, -0.1) is 0 Å². The van der Waals surface area contributed by atoms with E-state index in [-0.39, 0.29) is 24.2 Å². The molecule has 2 rings (SSSR count). The molecule has 3 atom stereocenters.